The van der Waals surface area contributed by atoms with Crippen LogP contribution in [0.5, 0.6) is 5.75 Å². The Morgan fingerprint density at radius 2 is 1.90 bits per heavy atom. The van der Waals surface area contributed by atoms with Crippen LogP contribution >= 0.6 is 0 Å². The third kappa shape index (κ3) is 6.18. The van der Waals surface area contributed by atoms with Crippen LogP contribution in [0.15, 0.2) is 18.2 Å². The zero-order chi connectivity index (χ0) is 20.8. The molecule has 2 aliphatic rings. The van der Waals surface area contributed by atoms with E-state index in [1.165, 1.54) is 18.9 Å². The molecule has 0 unspecified atom stereocenters. The number of aromatic hydroxyl groups is 1. The van der Waals surface area contributed by atoms with Gasteiger partial charge in [-0.15, -0.1) is 0 Å². The Bertz CT molecular complexity index is 720. The van der Waals surface area contributed by atoms with E-state index >= 15 is 0 Å². The van der Waals surface area contributed by atoms with Gasteiger partial charge in [-0.2, -0.15) is 0 Å². The summed E-state index contributed by atoms with van der Waals surface area (Å²) < 4.78 is 0. The van der Waals surface area contributed by atoms with Crippen LogP contribution < -0.4 is 10.6 Å². The number of amides is 2. The molecule has 1 heterocycles. The van der Waals surface area contributed by atoms with Gasteiger partial charge in [-0.05, 0) is 62.6 Å². The molecule has 1 saturated carbocycles. The molecule has 7 heteroatoms. The predicted molar refractivity (Wildman–Crippen MR) is 111 cm³/mol. The fourth-order valence-electron chi connectivity index (χ4n) is 4.10. The van der Waals surface area contributed by atoms with Gasteiger partial charge in [0.1, 0.15) is 5.75 Å². The molecule has 0 bridgehead atoms. The Balaban J connectivity index is 1.55. The lowest BCUT2D eigenvalue weighted by molar-refractivity contribution is -0.122. The molecule has 1 saturated heterocycles. The number of nitrogens with one attached hydrogen (secondary N) is 2. The average molecular weight is 404 g/mol. The molecular formula is C22H33N3O4. The highest BCUT2D eigenvalue weighted by Crippen LogP contribution is 2.35. The Hall–Kier alpha value is -2.12. The number of aryl methyl sites for hydroxylation is 1. The monoisotopic (exact) mass is 403 g/mol. The molecule has 0 radical (unpaired) electrons. The molecule has 1 aromatic rings. The normalized spacial score (nSPS) is 21.9. The van der Waals surface area contributed by atoms with E-state index in [4.69, 9.17) is 5.11 Å². The highest BCUT2D eigenvalue weighted by atomic mass is 16.3. The second-order valence-electron chi connectivity index (χ2n) is 8.37. The third-order valence-electron chi connectivity index (χ3n) is 5.98. The van der Waals surface area contributed by atoms with E-state index in [9.17, 15) is 14.7 Å². The minimum absolute atomic E-state index is 0.0318. The second-order valence-corrected chi connectivity index (χ2v) is 8.37. The zero-order valence-corrected chi connectivity index (χ0v) is 17.2. The Kier molecular flexibility index (Phi) is 7.50. The molecule has 2 amide bonds. The van der Waals surface area contributed by atoms with E-state index in [-0.39, 0.29) is 36.3 Å². The first-order chi connectivity index (χ1) is 14.0. The van der Waals surface area contributed by atoms with Gasteiger partial charge in [0.2, 0.25) is 5.91 Å². The van der Waals surface area contributed by atoms with E-state index in [1.54, 1.807) is 12.1 Å². The number of carbonyl (C=O) groups excluding carboxylic acids is 2. The highest BCUT2D eigenvalue weighted by molar-refractivity contribution is 5.96. The molecule has 1 aliphatic heterocycles. The first kappa shape index (κ1) is 21.6. The quantitative estimate of drug-likeness (QED) is 0.444. The average Bonchev–Trinajstić information content (AvgIpc) is 3.44. The summed E-state index contributed by atoms with van der Waals surface area (Å²) in [5.74, 6) is 0.656. The maximum Gasteiger partial charge on any atom is 0.251 e. The number of phenolic OH excluding ortho intramolecular Hbond substituents is 1. The van der Waals surface area contributed by atoms with Crippen molar-refractivity contribution in [2.24, 2.45) is 5.92 Å². The number of nitrogens with zero attached hydrogens (tertiary/aromatic N) is 1. The Labute approximate surface area is 172 Å². The molecule has 29 heavy (non-hydrogen) atoms. The lowest BCUT2D eigenvalue weighted by Crippen LogP contribution is -2.45. The van der Waals surface area contributed by atoms with Crippen LogP contribution in [0.3, 0.4) is 0 Å². The molecule has 0 aromatic heterocycles. The van der Waals surface area contributed by atoms with E-state index in [0.29, 0.717) is 37.4 Å². The number of hydrogen-bond acceptors (Lipinski definition) is 5. The zero-order valence-electron chi connectivity index (χ0n) is 17.2. The molecule has 1 aromatic carbocycles. The van der Waals surface area contributed by atoms with Crippen molar-refractivity contribution in [1.82, 2.24) is 15.5 Å². The minimum Gasteiger partial charge on any atom is -0.508 e. The van der Waals surface area contributed by atoms with Crippen LogP contribution in [-0.4, -0.2) is 65.3 Å². The SMILES string of the molecule is Cc1ccc(O)cc1C(=O)NC[C@@H]1CC[C@H](CC(=O)NCCCO)N1CC1CC1. The molecule has 7 nitrogen and oxygen atoms in total. The van der Waals surface area contributed by atoms with E-state index in [2.05, 4.69) is 15.5 Å². The van der Waals surface area contributed by atoms with Crippen molar-refractivity contribution < 1.29 is 19.8 Å². The number of likely N-dealkylation sites (tertiary alicyclic amines) is 1. The van der Waals surface area contributed by atoms with E-state index in [0.717, 1.165) is 24.9 Å². The van der Waals surface area contributed by atoms with Crippen molar-refractivity contribution in [2.75, 3.05) is 26.2 Å². The van der Waals surface area contributed by atoms with Gasteiger partial charge in [-0.3, -0.25) is 14.5 Å². The fourth-order valence-corrected chi connectivity index (χ4v) is 4.10. The van der Waals surface area contributed by atoms with Gasteiger partial charge in [-0.1, -0.05) is 6.07 Å². The molecule has 1 aliphatic carbocycles. The first-order valence-electron chi connectivity index (χ1n) is 10.7. The standard InChI is InChI=1S/C22H33N3O4/c1-15-3-8-19(27)12-20(15)22(29)24-13-18-7-6-17(25(18)14-16-4-5-16)11-21(28)23-9-2-10-26/h3,8,12,16-18,26-27H,2,4-7,9-11,13-14H2,1H3,(H,23,28)(H,24,29)/t17-,18+/m1/s1. The van der Waals surface area contributed by atoms with Gasteiger partial charge in [0, 0.05) is 50.3 Å². The van der Waals surface area contributed by atoms with Crippen LogP contribution in [0.2, 0.25) is 0 Å². The largest absolute Gasteiger partial charge is 0.508 e. The summed E-state index contributed by atoms with van der Waals surface area (Å²) >= 11 is 0. The lowest BCUT2D eigenvalue weighted by Gasteiger charge is -2.30. The van der Waals surface area contributed by atoms with Crippen LogP contribution in [0.4, 0.5) is 0 Å². The number of rotatable bonds is 10. The molecule has 160 valence electrons. The van der Waals surface area contributed by atoms with Crippen molar-refractivity contribution in [3.8, 4) is 5.75 Å². The van der Waals surface area contributed by atoms with Gasteiger partial charge in [0.05, 0.1) is 0 Å². The van der Waals surface area contributed by atoms with E-state index in [1.807, 2.05) is 6.92 Å². The van der Waals surface area contributed by atoms with Crippen molar-refractivity contribution in [1.29, 1.82) is 0 Å². The first-order valence-corrected chi connectivity index (χ1v) is 10.7. The van der Waals surface area contributed by atoms with E-state index < -0.39 is 0 Å². The molecule has 2 fully saturated rings. The predicted octanol–water partition coefficient (Wildman–Crippen LogP) is 1.56. The third-order valence-corrected chi connectivity index (χ3v) is 5.98. The summed E-state index contributed by atoms with van der Waals surface area (Å²) in [6.07, 6.45) is 5.44. The van der Waals surface area contributed by atoms with Crippen molar-refractivity contribution >= 4 is 11.8 Å². The van der Waals surface area contributed by atoms with Crippen LogP contribution in [0.25, 0.3) is 0 Å². The summed E-state index contributed by atoms with van der Waals surface area (Å²) in [7, 11) is 0. The number of phenols is 1. The number of benzene rings is 1. The lowest BCUT2D eigenvalue weighted by atomic mass is 10.1. The van der Waals surface area contributed by atoms with Crippen molar-refractivity contribution in [3.63, 3.8) is 0 Å². The molecule has 0 spiro atoms. The van der Waals surface area contributed by atoms with Gasteiger partial charge in [0.25, 0.3) is 5.91 Å². The van der Waals surface area contributed by atoms with Crippen molar-refractivity contribution in [2.45, 2.75) is 57.5 Å². The summed E-state index contributed by atoms with van der Waals surface area (Å²) in [6.45, 7) is 3.98. The van der Waals surface area contributed by atoms with Gasteiger partial charge < -0.3 is 20.8 Å². The molecular weight excluding hydrogens is 370 g/mol. The smallest absolute Gasteiger partial charge is 0.251 e. The topological polar surface area (TPSA) is 102 Å². The summed E-state index contributed by atoms with van der Waals surface area (Å²) in [4.78, 5) is 27.2. The van der Waals surface area contributed by atoms with Crippen molar-refractivity contribution in [3.05, 3.63) is 29.3 Å². The number of aliphatic hydroxyl groups is 1. The number of carbonyl (C=O) groups is 2. The highest BCUT2D eigenvalue weighted by Gasteiger charge is 2.38. The van der Waals surface area contributed by atoms with Gasteiger partial charge >= 0.3 is 0 Å². The van der Waals surface area contributed by atoms with Gasteiger partial charge in [0.15, 0.2) is 0 Å². The Morgan fingerprint density at radius 1 is 1.14 bits per heavy atom. The summed E-state index contributed by atoms with van der Waals surface area (Å²) in [5.41, 5.74) is 1.33. The second kappa shape index (κ2) is 10.1. The minimum atomic E-state index is -0.171. The molecule has 3 rings (SSSR count). The number of hydrogen-bond donors (Lipinski definition) is 4. The maximum atomic E-state index is 12.6. The summed E-state index contributed by atoms with van der Waals surface area (Å²) in [5, 5.41) is 24.4. The maximum absolute atomic E-state index is 12.6. The van der Waals surface area contributed by atoms with Crippen LogP contribution in [0, 0.1) is 12.8 Å². The fraction of sp³-hybridized carbons (Fsp3) is 0.636. The Morgan fingerprint density at radius 3 is 2.62 bits per heavy atom. The molecule has 2 atom stereocenters. The van der Waals surface area contributed by atoms with Gasteiger partial charge in [-0.25, -0.2) is 0 Å². The van der Waals surface area contributed by atoms with Crippen LogP contribution in [0.1, 0.15) is 54.4 Å². The van der Waals surface area contributed by atoms with Crippen LogP contribution in [-0.2, 0) is 4.79 Å². The molecule has 4 N–H and O–H groups in total. The summed E-state index contributed by atoms with van der Waals surface area (Å²) in [6, 6.07) is 5.25. The number of aliphatic hydroxyl groups excluding tert-OH is 1.